The second kappa shape index (κ2) is 5.66. The van der Waals surface area contributed by atoms with Crippen molar-refractivity contribution in [3.8, 4) is 0 Å². The minimum atomic E-state index is -3.64. The van der Waals surface area contributed by atoms with Crippen LogP contribution in [0.15, 0.2) is 29.2 Å². The van der Waals surface area contributed by atoms with Gasteiger partial charge < -0.3 is 4.90 Å². The summed E-state index contributed by atoms with van der Waals surface area (Å²) in [6.07, 6.45) is 0. The van der Waals surface area contributed by atoms with Crippen LogP contribution in [0.25, 0.3) is 0 Å². The third kappa shape index (κ3) is 3.03. The molecule has 0 spiro atoms. The van der Waals surface area contributed by atoms with E-state index in [-0.39, 0.29) is 16.2 Å². The summed E-state index contributed by atoms with van der Waals surface area (Å²) in [5.41, 5.74) is 1.05. The van der Waals surface area contributed by atoms with Gasteiger partial charge in [0.15, 0.2) is 0 Å². The van der Waals surface area contributed by atoms with Gasteiger partial charge in [0, 0.05) is 20.1 Å². The van der Waals surface area contributed by atoms with Crippen molar-refractivity contribution >= 4 is 15.9 Å². The zero-order valence-corrected chi connectivity index (χ0v) is 14.6. The maximum atomic E-state index is 12.8. The highest BCUT2D eigenvalue weighted by Gasteiger charge is 2.37. The fourth-order valence-corrected chi connectivity index (χ4v) is 4.16. The molecule has 1 aliphatic heterocycles. The highest BCUT2D eigenvalue weighted by atomic mass is 32.2. The first-order valence-corrected chi connectivity index (χ1v) is 8.86. The molecule has 0 saturated carbocycles. The number of rotatable bonds is 2. The number of carbonyl (C=O) groups is 1. The molecular weight excluding hydrogens is 300 g/mol. The van der Waals surface area contributed by atoms with Crippen LogP contribution in [0.5, 0.6) is 0 Å². The van der Waals surface area contributed by atoms with Gasteiger partial charge in [0.05, 0.1) is 4.90 Å². The molecule has 0 radical (unpaired) electrons. The Morgan fingerprint density at radius 2 is 1.64 bits per heavy atom. The Bertz CT molecular complexity index is 660. The van der Waals surface area contributed by atoms with E-state index >= 15 is 0 Å². The molecule has 122 valence electrons. The van der Waals surface area contributed by atoms with Crippen LogP contribution in [0, 0.1) is 0 Å². The van der Waals surface area contributed by atoms with Crippen molar-refractivity contribution in [2.24, 2.45) is 0 Å². The number of benzene rings is 1. The Kier molecular flexibility index (Phi) is 4.37. The quantitative estimate of drug-likeness (QED) is 0.834. The minimum Gasteiger partial charge on any atom is -0.343 e. The first-order valence-electron chi connectivity index (χ1n) is 7.42. The first-order chi connectivity index (χ1) is 10.0. The number of sulfonamides is 1. The summed E-state index contributed by atoms with van der Waals surface area (Å²) < 4.78 is 26.8. The Balaban J connectivity index is 2.33. The van der Waals surface area contributed by atoms with Crippen molar-refractivity contribution in [3.63, 3.8) is 0 Å². The third-order valence-electron chi connectivity index (χ3n) is 4.15. The summed E-state index contributed by atoms with van der Waals surface area (Å²) in [5.74, 6) is -0.166. The topological polar surface area (TPSA) is 57.7 Å². The molecule has 1 aliphatic rings. The lowest BCUT2D eigenvalue weighted by Crippen LogP contribution is -2.56. The highest BCUT2D eigenvalue weighted by molar-refractivity contribution is 7.89. The average molecular weight is 324 g/mol. The van der Waals surface area contributed by atoms with Gasteiger partial charge in [0.2, 0.25) is 15.9 Å². The van der Waals surface area contributed by atoms with Gasteiger partial charge in [-0.05, 0) is 30.0 Å². The predicted molar refractivity (Wildman–Crippen MR) is 86.1 cm³/mol. The SMILES string of the molecule is CC1C(=O)N(C)CCN1S(=O)(=O)c1ccc(C(C)(C)C)cc1. The molecule has 1 unspecified atom stereocenters. The van der Waals surface area contributed by atoms with Gasteiger partial charge in [-0.3, -0.25) is 4.79 Å². The molecular formula is C16H24N2O3S. The molecule has 0 aromatic heterocycles. The van der Waals surface area contributed by atoms with E-state index in [0.717, 1.165) is 5.56 Å². The second-order valence-electron chi connectivity index (χ2n) is 6.83. The Hall–Kier alpha value is -1.40. The van der Waals surface area contributed by atoms with Crippen LogP contribution in [0.4, 0.5) is 0 Å². The third-order valence-corrected chi connectivity index (χ3v) is 6.13. The zero-order chi connectivity index (χ0) is 16.7. The number of carbonyl (C=O) groups excluding carboxylic acids is 1. The predicted octanol–water partition coefficient (Wildman–Crippen LogP) is 1.84. The van der Waals surface area contributed by atoms with Crippen LogP contribution in [-0.2, 0) is 20.2 Å². The van der Waals surface area contributed by atoms with Crippen LogP contribution in [0.2, 0.25) is 0 Å². The maximum Gasteiger partial charge on any atom is 0.243 e. The molecule has 2 rings (SSSR count). The van der Waals surface area contributed by atoms with Crippen molar-refractivity contribution in [1.29, 1.82) is 0 Å². The fraction of sp³-hybridized carbons (Fsp3) is 0.562. The van der Waals surface area contributed by atoms with Crippen LogP contribution in [0.1, 0.15) is 33.3 Å². The van der Waals surface area contributed by atoms with E-state index < -0.39 is 16.1 Å². The Morgan fingerprint density at radius 1 is 1.09 bits per heavy atom. The van der Waals surface area contributed by atoms with Crippen molar-refractivity contribution in [3.05, 3.63) is 29.8 Å². The molecule has 6 heteroatoms. The molecule has 1 amide bonds. The molecule has 0 N–H and O–H groups in total. The standard InChI is InChI=1S/C16H24N2O3S/c1-12-15(19)17(5)10-11-18(12)22(20,21)14-8-6-13(7-9-14)16(2,3)4/h6-9,12H,10-11H2,1-5H3. The lowest BCUT2D eigenvalue weighted by Gasteiger charge is -2.36. The molecule has 1 atom stereocenters. The molecule has 0 bridgehead atoms. The summed E-state index contributed by atoms with van der Waals surface area (Å²) in [6.45, 7) is 8.63. The van der Waals surface area contributed by atoms with E-state index in [1.54, 1.807) is 31.0 Å². The fourth-order valence-electron chi connectivity index (χ4n) is 2.59. The van der Waals surface area contributed by atoms with Crippen LogP contribution in [-0.4, -0.2) is 49.7 Å². The monoisotopic (exact) mass is 324 g/mol. The number of hydrogen-bond acceptors (Lipinski definition) is 3. The number of likely N-dealkylation sites (N-methyl/N-ethyl adjacent to an activating group) is 1. The maximum absolute atomic E-state index is 12.8. The number of nitrogens with zero attached hydrogens (tertiary/aromatic N) is 2. The molecule has 22 heavy (non-hydrogen) atoms. The summed E-state index contributed by atoms with van der Waals surface area (Å²) in [6, 6.07) is 6.29. The number of piperazine rings is 1. The molecule has 0 aliphatic carbocycles. The van der Waals surface area contributed by atoms with E-state index in [4.69, 9.17) is 0 Å². The highest BCUT2D eigenvalue weighted by Crippen LogP contribution is 2.26. The van der Waals surface area contributed by atoms with Crippen molar-refractivity contribution in [2.45, 2.75) is 44.0 Å². The minimum absolute atomic E-state index is 0.0284. The van der Waals surface area contributed by atoms with Crippen LogP contribution in [0.3, 0.4) is 0 Å². The van der Waals surface area contributed by atoms with Gasteiger partial charge in [-0.15, -0.1) is 0 Å². The van der Waals surface area contributed by atoms with Gasteiger partial charge >= 0.3 is 0 Å². The summed E-state index contributed by atoms with van der Waals surface area (Å²) in [7, 11) is -1.95. The normalized spacial score (nSPS) is 21.2. The molecule has 1 aromatic rings. The van der Waals surface area contributed by atoms with Crippen LogP contribution < -0.4 is 0 Å². The first kappa shape index (κ1) is 17.0. The number of amides is 1. The zero-order valence-electron chi connectivity index (χ0n) is 13.8. The molecule has 1 aromatic carbocycles. The van der Waals surface area contributed by atoms with E-state index in [1.165, 1.54) is 4.31 Å². The van der Waals surface area contributed by atoms with Crippen LogP contribution >= 0.6 is 0 Å². The summed E-state index contributed by atoms with van der Waals surface area (Å²) >= 11 is 0. The van der Waals surface area contributed by atoms with Crippen molar-refractivity contribution < 1.29 is 13.2 Å². The molecule has 1 heterocycles. The van der Waals surface area contributed by atoms with E-state index in [9.17, 15) is 13.2 Å². The van der Waals surface area contributed by atoms with E-state index in [2.05, 4.69) is 20.8 Å². The van der Waals surface area contributed by atoms with Gasteiger partial charge in [-0.25, -0.2) is 8.42 Å². The van der Waals surface area contributed by atoms with Gasteiger partial charge in [-0.2, -0.15) is 4.31 Å². The number of hydrogen-bond donors (Lipinski definition) is 0. The second-order valence-corrected chi connectivity index (χ2v) is 8.72. The average Bonchev–Trinajstić information content (AvgIpc) is 2.44. The lowest BCUT2D eigenvalue weighted by molar-refractivity contribution is -0.136. The largest absolute Gasteiger partial charge is 0.343 e. The van der Waals surface area contributed by atoms with E-state index in [0.29, 0.717) is 13.1 Å². The Labute approximate surface area is 133 Å². The van der Waals surface area contributed by atoms with Gasteiger partial charge in [-0.1, -0.05) is 32.9 Å². The summed E-state index contributed by atoms with van der Waals surface area (Å²) in [4.78, 5) is 13.8. The molecule has 1 saturated heterocycles. The van der Waals surface area contributed by atoms with E-state index in [1.807, 2.05) is 12.1 Å². The lowest BCUT2D eigenvalue weighted by atomic mass is 9.87. The smallest absolute Gasteiger partial charge is 0.243 e. The van der Waals surface area contributed by atoms with Gasteiger partial charge in [0.1, 0.15) is 6.04 Å². The summed E-state index contributed by atoms with van der Waals surface area (Å²) in [5, 5.41) is 0. The molecule has 1 fully saturated rings. The molecule has 5 nitrogen and oxygen atoms in total. The van der Waals surface area contributed by atoms with Crippen molar-refractivity contribution in [2.75, 3.05) is 20.1 Å². The van der Waals surface area contributed by atoms with Crippen molar-refractivity contribution in [1.82, 2.24) is 9.21 Å². The Morgan fingerprint density at radius 3 is 2.14 bits per heavy atom. The van der Waals surface area contributed by atoms with Gasteiger partial charge in [0.25, 0.3) is 0 Å².